The second-order valence-corrected chi connectivity index (χ2v) is 7.47. The molecule has 1 fully saturated rings. The van der Waals surface area contributed by atoms with Crippen molar-refractivity contribution in [2.24, 2.45) is 5.92 Å². The molecule has 0 spiro atoms. The van der Waals surface area contributed by atoms with Crippen LogP contribution in [0.5, 0.6) is 0 Å². The Kier molecular flexibility index (Phi) is 3.84. The molecule has 3 rings (SSSR count). The molecule has 0 saturated heterocycles. The van der Waals surface area contributed by atoms with E-state index in [1.54, 1.807) is 0 Å². The third-order valence-electron chi connectivity index (χ3n) is 3.58. The highest BCUT2D eigenvalue weighted by molar-refractivity contribution is 7.19. The third-order valence-corrected chi connectivity index (χ3v) is 5.03. The molecule has 3 heteroatoms. The molecular weight excluding hydrogens is 274 g/mol. The Morgan fingerprint density at radius 1 is 1.37 bits per heavy atom. The number of hydrogen-bond acceptors (Lipinski definition) is 2. The zero-order valence-electron chi connectivity index (χ0n) is 11.5. The van der Waals surface area contributed by atoms with Crippen LogP contribution in [0.4, 0.5) is 0 Å². The van der Waals surface area contributed by atoms with Crippen LogP contribution in [0, 0.1) is 5.92 Å². The van der Waals surface area contributed by atoms with E-state index >= 15 is 0 Å². The Bertz CT molecular complexity index is 584. The second kappa shape index (κ2) is 5.43. The maximum Gasteiger partial charge on any atom is 0.0413 e. The van der Waals surface area contributed by atoms with Crippen molar-refractivity contribution in [3.8, 4) is 0 Å². The van der Waals surface area contributed by atoms with Gasteiger partial charge in [0.1, 0.15) is 0 Å². The van der Waals surface area contributed by atoms with Crippen LogP contribution in [0.2, 0.25) is 5.02 Å². The molecule has 0 radical (unpaired) electrons. The molecular formula is C16H20ClNS. The van der Waals surface area contributed by atoms with Crippen molar-refractivity contribution in [1.82, 2.24) is 5.32 Å². The highest BCUT2D eigenvalue weighted by Gasteiger charge is 2.21. The van der Waals surface area contributed by atoms with E-state index in [-0.39, 0.29) is 0 Å². The van der Waals surface area contributed by atoms with Gasteiger partial charge in [-0.05, 0) is 54.3 Å². The van der Waals surface area contributed by atoms with Gasteiger partial charge in [0, 0.05) is 27.2 Å². The van der Waals surface area contributed by atoms with E-state index in [0.29, 0.717) is 5.92 Å². The van der Waals surface area contributed by atoms with E-state index in [1.807, 2.05) is 17.4 Å². The van der Waals surface area contributed by atoms with Gasteiger partial charge < -0.3 is 5.32 Å². The van der Waals surface area contributed by atoms with Gasteiger partial charge in [0.2, 0.25) is 0 Å². The zero-order valence-corrected chi connectivity index (χ0v) is 13.1. The summed E-state index contributed by atoms with van der Waals surface area (Å²) in [5, 5.41) is 5.84. The van der Waals surface area contributed by atoms with Crippen molar-refractivity contribution in [3.05, 3.63) is 33.7 Å². The van der Waals surface area contributed by atoms with Gasteiger partial charge in [-0.1, -0.05) is 25.4 Å². The van der Waals surface area contributed by atoms with Crippen LogP contribution < -0.4 is 5.32 Å². The first-order chi connectivity index (χ1) is 9.13. The van der Waals surface area contributed by atoms with Crippen LogP contribution in [0.25, 0.3) is 10.1 Å². The van der Waals surface area contributed by atoms with Gasteiger partial charge in [-0.3, -0.25) is 0 Å². The van der Waals surface area contributed by atoms with Crippen molar-refractivity contribution in [2.75, 3.05) is 0 Å². The minimum atomic E-state index is 0.677. The fourth-order valence-electron chi connectivity index (χ4n) is 2.47. The normalized spacial score (nSPS) is 15.6. The Morgan fingerprint density at radius 3 is 2.84 bits per heavy atom. The lowest BCUT2D eigenvalue weighted by atomic mass is 10.00. The second-order valence-electron chi connectivity index (χ2n) is 5.90. The Hall–Kier alpha value is -0.570. The summed E-state index contributed by atoms with van der Waals surface area (Å²) >= 11 is 8.09. The van der Waals surface area contributed by atoms with Gasteiger partial charge in [-0.25, -0.2) is 0 Å². The number of benzene rings is 1. The summed E-state index contributed by atoms with van der Waals surface area (Å²) in [6, 6.07) is 7.05. The highest BCUT2D eigenvalue weighted by atomic mass is 35.5. The summed E-state index contributed by atoms with van der Waals surface area (Å²) in [7, 11) is 0. The van der Waals surface area contributed by atoms with E-state index in [1.165, 1.54) is 33.4 Å². The van der Waals surface area contributed by atoms with Gasteiger partial charge in [-0.15, -0.1) is 11.3 Å². The molecule has 0 unspecified atom stereocenters. The number of halogens is 1. The minimum Gasteiger partial charge on any atom is -0.309 e. The number of fused-ring (bicyclic) bond motifs is 1. The first-order valence-electron chi connectivity index (χ1n) is 7.06. The summed E-state index contributed by atoms with van der Waals surface area (Å²) in [6.45, 7) is 5.59. The average molecular weight is 294 g/mol. The maximum atomic E-state index is 6.16. The van der Waals surface area contributed by atoms with E-state index in [2.05, 4.69) is 31.3 Å². The third kappa shape index (κ3) is 3.13. The van der Waals surface area contributed by atoms with E-state index in [4.69, 9.17) is 11.6 Å². The van der Waals surface area contributed by atoms with E-state index < -0.39 is 0 Å². The van der Waals surface area contributed by atoms with Gasteiger partial charge in [-0.2, -0.15) is 0 Å². The molecule has 1 aromatic heterocycles. The minimum absolute atomic E-state index is 0.677. The topological polar surface area (TPSA) is 12.0 Å². The predicted octanol–water partition coefficient (Wildman–Crippen LogP) is 5.01. The van der Waals surface area contributed by atoms with E-state index in [9.17, 15) is 0 Å². The standard InChI is InChI=1S/C16H20ClNS/c1-10(2)7-13-14-8-11(17)3-6-15(14)19-16(13)9-18-12-4-5-12/h3,6,8,10,12,18H,4-5,7,9H2,1-2H3. The largest absolute Gasteiger partial charge is 0.309 e. The van der Waals surface area contributed by atoms with Crippen LogP contribution in [0.15, 0.2) is 18.2 Å². The van der Waals surface area contributed by atoms with Crippen molar-refractivity contribution >= 4 is 33.0 Å². The molecule has 1 aliphatic carbocycles. The maximum absolute atomic E-state index is 6.16. The van der Waals surface area contributed by atoms with Crippen LogP contribution >= 0.6 is 22.9 Å². The van der Waals surface area contributed by atoms with Crippen LogP contribution in [-0.4, -0.2) is 6.04 Å². The number of nitrogens with one attached hydrogen (secondary N) is 1. The number of rotatable bonds is 5. The average Bonchev–Trinajstić information content (AvgIpc) is 3.12. The smallest absolute Gasteiger partial charge is 0.0413 e. The number of hydrogen-bond donors (Lipinski definition) is 1. The van der Waals surface area contributed by atoms with Crippen LogP contribution in [0.3, 0.4) is 0 Å². The molecule has 1 aliphatic rings. The molecule has 19 heavy (non-hydrogen) atoms. The molecule has 1 heterocycles. The SMILES string of the molecule is CC(C)Cc1c(CNC2CC2)sc2ccc(Cl)cc12. The van der Waals surface area contributed by atoms with Gasteiger partial charge in [0.25, 0.3) is 0 Å². The number of thiophene rings is 1. The summed E-state index contributed by atoms with van der Waals surface area (Å²) in [5.41, 5.74) is 1.51. The van der Waals surface area contributed by atoms with Crippen molar-refractivity contribution in [3.63, 3.8) is 0 Å². The highest BCUT2D eigenvalue weighted by Crippen LogP contribution is 2.35. The molecule has 0 aliphatic heterocycles. The van der Waals surface area contributed by atoms with Gasteiger partial charge >= 0.3 is 0 Å². The van der Waals surface area contributed by atoms with Crippen molar-refractivity contribution < 1.29 is 0 Å². The molecule has 1 aromatic carbocycles. The Labute approximate surface area is 124 Å². The molecule has 1 N–H and O–H groups in total. The summed E-state index contributed by atoms with van der Waals surface area (Å²) < 4.78 is 1.37. The van der Waals surface area contributed by atoms with Gasteiger partial charge in [0.05, 0.1) is 0 Å². The summed E-state index contributed by atoms with van der Waals surface area (Å²) in [5.74, 6) is 0.677. The van der Waals surface area contributed by atoms with Crippen molar-refractivity contribution in [2.45, 2.75) is 45.7 Å². The quantitative estimate of drug-likeness (QED) is 0.817. The molecule has 1 saturated carbocycles. The Morgan fingerprint density at radius 2 is 2.16 bits per heavy atom. The lowest BCUT2D eigenvalue weighted by molar-refractivity contribution is 0.637. The monoisotopic (exact) mass is 293 g/mol. The lowest BCUT2D eigenvalue weighted by Crippen LogP contribution is -2.15. The lowest BCUT2D eigenvalue weighted by Gasteiger charge is -2.08. The molecule has 0 atom stereocenters. The molecule has 2 aromatic rings. The van der Waals surface area contributed by atoms with E-state index in [0.717, 1.165) is 24.0 Å². The predicted molar refractivity (Wildman–Crippen MR) is 85.2 cm³/mol. The fraction of sp³-hybridized carbons (Fsp3) is 0.500. The zero-order chi connectivity index (χ0) is 13.4. The molecule has 102 valence electrons. The van der Waals surface area contributed by atoms with Crippen molar-refractivity contribution in [1.29, 1.82) is 0 Å². The first kappa shape index (κ1) is 13.4. The fourth-order valence-corrected chi connectivity index (χ4v) is 3.81. The summed E-state index contributed by atoms with van der Waals surface area (Å²) in [4.78, 5) is 1.50. The Balaban J connectivity index is 1.97. The van der Waals surface area contributed by atoms with Crippen LogP contribution in [-0.2, 0) is 13.0 Å². The molecule has 0 bridgehead atoms. The van der Waals surface area contributed by atoms with Gasteiger partial charge in [0.15, 0.2) is 0 Å². The first-order valence-corrected chi connectivity index (χ1v) is 8.26. The molecule has 0 amide bonds. The summed E-state index contributed by atoms with van der Waals surface area (Å²) in [6.07, 6.45) is 3.83. The van der Waals surface area contributed by atoms with Crippen LogP contribution in [0.1, 0.15) is 37.1 Å². The molecule has 1 nitrogen and oxygen atoms in total.